The molecule has 1 aromatic heterocycles. The second kappa shape index (κ2) is 10.2. The van der Waals surface area contributed by atoms with Gasteiger partial charge in [0.2, 0.25) is 5.91 Å². The van der Waals surface area contributed by atoms with Crippen LogP contribution in [-0.2, 0) is 28.9 Å². The van der Waals surface area contributed by atoms with Gasteiger partial charge in [-0.25, -0.2) is 0 Å². The van der Waals surface area contributed by atoms with Crippen molar-refractivity contribution in [1.82, 2.24) is 25.4 Å². The normalized spacial score (nSPS) is 23.2. The Bertz CT molecular complexity index is 526. The van der Waals surface area contributed by atoms with Crippen molar-refractivity contribution in [2.75, 3.05) is 19.7 Å². The molecule has 2 aliphatic rings. The summed E-state index contributed by atoms with van der Waals surface area (Å²) in [6.07, 6.45) is 5.29. The lowest BCUT2D eigenvalue weighted by Gasteiger charge is -2.29. The predicted octanol–water partition coefficient (Wildman–Crippen LogP) is 0.884. The molecule has 2 atom stereocenters. The summed E-state index contributed by atoms with van der Waals surface area (Å²) in [6, 6.07) is -0.260. The first-order chi connectivity index (χ1) is 10.8. The van der Waals surface area contributed by atoms with Crippen molar-refractivity contribution >= 4 is 30.7 Å². The first-order valence-electron chi connectivity index (χ1n) is 8.29. The van der Waals surface area contributed by atoms with E-state index < -0.39 is 0 Å². The third-order valence-electron chi connectivity index (χ3n) is 4.43. The number of amides is 1. The quantitative estimate of drug-likeness (QED) is 0.811. The van der Waals surface area contributed by atoms with Crippen LogP contribution < -0.4 is 10.6 Å². The largest absolute Gasteiger partial charge is 0.375 e. The van der Waals surface area contributed by atoms with Gasteiger partial charge >= 0.3 is 0 Å². The van der Waals surface area contributed by atoms with Gasteiger partial charge in [-0.2, -0.15) is 0 Å². The zero-order chi connectivity index (χ0) is 15.4. The molecule has 2 aliphatic heterocycles. The van der Waals surface area contributed by atoms with Crippen LogP contribution in [0.5, 0.6) is 0 Å². The minimum Gasteiger partial charge on any atom is -0.375 e. The fourth-order valence-electron chi connectivity index (χ4n) is 3.16. The molecular weight excluding hydrogens is 353 g/mol. The number of carbonyl (C=O) groups is 1. The van der Waals surface area contributed by atoms with Crippen LogP contribution in [0.4, 0.5) is 0 Å². The number of fused-ring (bicyclic) bond motifs is 1. The summed E-state index contributed by atoms with van der Waals surface area (Å²) in [5, 5.41) is 14.8. The molecule has 1 fully saturated rings. The number of halogens is 2. The van der Waals surface area contributed by atoms with Crippen molar-refractivity contribution < 1.29 is 9.53 Å². The Balaban J connectivity index is 0.00000144. The number of hydrogen-bond donors (Lipinski definition) is 2. The van der Waals surface area contributed by atoms with Crippen molar-refractivity contribution in [2.45, 2.75) is 57.7 Å². The van der Waals surface area contributed by atoms with Crippen molar-refractivity contribution in [2.24, 2.45) is 0 Å². The third kappa shape index (κ3) is 5.05. The Morgan fingerprint density at radius 1 is 1.33 bits per heavy atom. The molecule has 0 saturated carbocycles. The number of nitrogens with one attached hydrogen (secondary N) is 2. The lowest BCUT2D eigenvalue weighted by molar-refractivity contribution is -0.128. The number of morpholine rings is 1. The Kier molecular flexibility index (Phi) is 8.97. The van der Waals surface area contributed by atoms with Crippen molar-refractivity contribution in [3.63, 3.8) is 0 Å². The fraction of sp³-hybridized carbons (Fsp3) is 0.800. The molecule has 7 nitrogen and oxygen atoms in total. The molecular formula is C15H27Cl2N5O2. The van der Waals surface area contributed by atoms with Gasteiger partial charge in [-0.3, -0.25) is 4.79 Å². The topological polar surface area (TPSA) is 81.1 Å². The predicted molar refractivity (Wildman–Crippen MR) is 96.0 cm³/mol. The van der Waals surface area contributed by atoms with Crippen molar-refractivity contribution in [3.05, 3.63) is 11.6 Å². The van der Waals surface area contributed by atoms with Gasteiger partial charge in [0.05, 0.1) is 12.7 Å². The highest BCUT2D eigenvalue weighted by Crippen LogP contribution is 2.14. The Labute approximate surface area is 155 Å². The molecule has 0 spiro atoms. The molecule has 0 bridgehead atoms. The molecule has 0 radical (unpaired) electrons. The summed E-state index contributed by atoms with van der Waals surface area (Å²) in [5.74, 6) is 2.08. The maximum absolute atomic E-state index is 12.2. The van der Waals surface area contributed by atoms with Gasteiger partial charge in [-0.05, 0) is 19.8 Å². The monoisotopic (exact) mass is 379 g/mol. The Hall–Kier alpha value is -0.890. The van der Waals surface area contributed by atoms with Crippen molar-refractivity contribution in [1.29, 1.82) is 0 Å². The van der Waals surface area contributed by atoms with Gasteiger partial charge in [0.25, 0.3) is 0 Å². The molecule has 9 heteroatoms. The molecule has 24 heavy (non-hydrogen) atoms. The second-order valence-electron chi connectivity index (χ2n) is 6.04. The second-order valence-corrected chi connectivity index (χ2v) is 6.04. The standard InChI is InChI=1S/C15H25N5O2.2ClH/c1-11-14(16-8-10-22-11)15(21)17-7-6-13-19-18-12-5-3-2-4-9-20(12)13;;/h11,14,16H,2-10H2,1H3,(H,17,21);2*1H/t11-,14+;;/m1../s1. The van der Waals surface area contributed by atoms with Crippen LogP contribution in [0.25, 0.3) is 0 Å². The highest BCUT2D eigenvalue weighted by molar-refractivity contribution is 5.85. The van der Waals surface area contributed by atoms with Crippen molar-refractivity contribution in [3.8, 4) is 0 Å². The summed E-state index contributed by atoms with van der Waals surface area (Å²) in [6.45, 7) is 4.90. The summed E-state index contributed by atoms with van der Waals surface area (Å²) in [7, 11) is 0. The van der Waals surface area contributed by atoms with E-state index in [9.17, 15) is 4.79 Å². The SMILES string of the molecule is C[C@H]1OCCN[C@@H]1C(=O)NCCc1nnc2n1CCCCC2.Cl.Cl. The lowest BCUT2D eigenvalue weighted by Crippen LogP contribution is -2.55. The van der Waals surface area contributed by atoms with E-state index in [1.807, 2.05) is 6.92 Å². The van der Waals surface area contributed by atoms with E-state index >= 15 is 0 Å². The highest BCUT2D eigenvalue weighted by atomic mass is 35.5. The summed E-state index contributed by atoms with van der Waals surface area (Å²) >= 11 is 0. The number of nitrogens with zero attached hydrogens (tertiary/aromatic N) is 3. The lowest BCUT2D eigenvalue weighted by atomic mass is 10.1. The molecule has 0 aromatic carbocycles. The average molecular weight is 380 g/mol. The van der Waals surface area contributed by atoms with Gasteiger partial charge in [0.15, 0.2) is 0 Å². The van der Waals surface area contributed by atoms with E-state index in [1.165, 1.54) is 19.3 Å². The molecule has 1 aromatic rings. The molecule has 138 valence electrons. The third-order valence-corrected chi connectivity index (χ3v) is 4.43. The molecule has 0 unspecified atom stereocenters. The van der Waals surface area contributed by atoms with Crippen LogP contribution in [0.1, 0.15) is 37.8 Å². The summed E-state index contributed by atoms with van der Waals surface area (Å²) in [5.41, 5.74) is 0. The van der Waals surface area contributed by atoms with Gasteiger partial charge in [-0.1, -0.05) is 6.42 Å². The first-order valence-corrected chi connectivity index (χ1v) is 8.29. The minimum atomic E-state index is -0.260. The van der Waals surface area contributed by atoms with E-state index in [4.69, 9.17) is 4.74 Å². The van der Waals surface area contributed by atoms with Gasteiger partial charge in [-0.15, -0.1) is 35.0 Å². The number of aryl methyl sites for hydroxylation is 1. The maximum atomic E-state index is 12.2. The number of rotatable bonds is 4. The van der Waals surface area contributed by atoms with Gasteiger partial charge < -0.3 is 19.9 Å². The molecule has 2 N–H and O–H groups in total. The molecule has 1 saturated heterocycles. The highest BCUT2D eigenvalue weighted by Gasteiger charge is 2.28. The van der Waals surface area contributed by atoms with Crippen LogP contribution in [0.3, 0.4) is 0 Å². The van der Waals surface area contributed by atoms with E-state index in [0.717, 1.165) is 37.6 Å². The molecule has 3 heterocycles. The number of carbonyl (C=O) groups excluding carboxylic acids is 1. The van der Waals surface area contributed by atoms with E-state index in [0.29, 0.717) is 13.2 Å². The van der Waals surface area contributed by atoms with Gasteiger partial charge in [0, 0.05) is 32.5 Å². The van der Waals surface area contributed by atoms with E-state index in [2.05, 4.69) is 25.4 Å². The van der Waals surface area contributed by atoms with E-state index in [-0.39, 0.29) is 42.9 Å². The first kappa shape index (κ1) is 21.2. The van der Waals surface area contributed by atoms with Gasteiger partial charge in [0.1, 0.15) is 17.7 Å². The summed E-state index contributed by atoms with van der Waals surface area (Å²) < 4.78 is 7.73. The zero-order valence-electron chi connectivity index (χ0n) is 14.0. The van der Waals surface area contributed by atoms with E-state index in [1.54, 1.807) is 0 Å². The Morgan fingerprint density at radius 2 is 2.17 bits per heavy atom. The van der Waals surface area contributed by atoms with Crippen LogP contribution in [0.15, 0.2) is 0 Å². The number of ether oxygens (including phenoxy) is 1. The average Bonchev–Trinajstić information content (AvgIpc) is 2.75. The smallest absolute Gasteiger partial charge is 0.239 e. The Morgan fingerprint density at radius 3 is 2.96 bits per heavy atom. The molecule has 3 rings (SSSR count). The number of aromatic nitrogens is 3. The molecule has 1 amide bonds. The zero-order valence-corrected chi connectivity index (χ0v) is 15.6. The minimum absolute atomic E-state index is 0. The van der Waals surface area contributed by atoms with Crippen LogP contribution in [-0.4, -0.2) is 52.5 Å². The van der Waals surface area contributed by atoms with Crippen LogP contribution in [0, 0.1) is 0 Å². The molecule has 0 aliphatic carbocycles. The number of hydrogen-bond acceptors (Lipinski definition) is 5. The van der Waals surface area contributed by atoms with Crippen LogP contribution >= 0.6 is 24.8 Å². The fourth-order valence-corrected chi connectivity index (χ4v) is 3.16. The van der Waals surface area contributed by atoms with Crippen LogP contribution in [0.2, 0.25) is 0 Å². The maximum Gasteiger partial charge on any atom is 0.239 e. The summed E-state index contributed by atoms with van der Waals surface area (Å²) in [4.78, 5) is 12.2.